The number of hydrogen-bond donors (Lipinski definition) is 2. The van der Waals surface area contributed by atoms with Crippen LogP contribution >= 0.6 is 0 Å². The van der Waals surface area contributed by atoms with Gasteiger partial charge in [0.1, 0.15) is 0 Å². The van der Waals surface area contributed by atoms with Crippen LogP contribution in [0.4, 0.5) is 5.69 Å². The van der Waals surface area contributed by atoms with E-state index < -0.39 is 16.0 Å². The van der Waals surface area contributed by atoms with Gasteiger partial charge in [-0.25, -0.2) is 17.9 Å². The zero-order chi connectivity index (χ0) is 20.6. The molecule has 0 heterocycles. The van der Waals surface area contributed by atoms with Crippen LogP contribution in [0, 0.1) is 0 Å². The predicted molar refractivity (Wildman–Crippen MR) is 107 cm³/mol. The van der Waals surface area contributed by atoms with E-state index in [0.717, 1.165) is 6.42 Å². The first-order valence-corrected chi connectivity index (χ1v) is 10.1. The van der Waals surface area contributed by atoms with Crippen molar-refractivity contribution < 1.29 is 22.7 Å². The largest absolute Gasteiger partial charge is 0.462 e. The van der Waals surface area contributed by atoms with Gasteiger partial charge < -0.3 is 10.1 Å². The molecule has 28 heavy (non-hydrogen) atoms. The fourth-order valence-electron chi connectivity index (χ4n) is 2.20. The summed E-state index contributed by atoms with van der Waals surface area (Å²) >= 11 is 0. The molecule has 0 bridgehead atoms. The van der Waals surface area contributed by atoms with E-state index in [9.17, 15) is 18.0 Å². The van der Waals surface area contributed by atoms with Crippen molar-refractivity contribution in [2.75, 3.05) is 19.0 Å². The summed E-state index contributed by atoms with van der Waals surface area (Å²) in [4.78, 5) is 23.9. The minimum Gasteiger partial charge on any atom is -0.462 e. The van der Waals surface area contributed by atoms with Crippen LogP contribution in [0.3, 0.4) is 0 Å². The van der Waals surface area contributed by atoms with Crippen LogP contribution in [-0.2, 0) is 19.6 Å². The molecular formula is C20H22N2O5S. The lowest BCUT2D eigenvalue weighted by molar-refractivity contribution is -0.111. The molecule has 2 rings (SSSR count). The van der Waals surface area contributed by atoms with Gasteiger partial charge in [0, 0.05) is 11.8 Å². The van der Waals surface area contributed by atoms with Gasteiger partial charge in [-0.15, -0.1) is 0 Å². The number of esters is 1. The van der Waals surface area contributed by atoms with Crippen LogP contribution < -0.4 is 10.0 Å². The highest BCUT2D eigenvalue weighted by atomic mass is 32.2. The standard InChI is InChI=1S/C20H22N2O5S/c1-3-14-27-20(24)16-7-9-17(10-8-16)22-19(23)13-6-15-4-11-18(12-5-15)28(25,26)21-2/h4-13,21H,3,14H2,1-2H3,(H,22,23)/b13-6+. The fourth-order valence-corrected chi connectivity index (χ4v) is 2.93. The van der Waals surface area contributed by atoms with Crippen LogP contribution in [0.15, 0.2) is 59.5 Å². The third-order valence-electron chi connectivity index (χ3n) is 3.71. The second-order valence-electron chi connectivity index (χ2n) is 5.81. The van der Waals surface area contributed by atoms with E-state index in [1.165, 1.54) is 25.3 Å². The number of nitrogens with one attached hydrogen (secondary N) is 2. The summed E-state index contributed by atoms with van der Waals surface area (Å²) in [5.74, 6) is -0.753. The number of ether oxygens (including phenoxy) is 1. The first-order chi connectivity index (χ1) is 13.4. The smallest absolute Gasteiger partial charge is 0.338 e. The zero-order valence-electron chi connectivity index (χ0n) is 15.6. The summed E-state index contributed by atoms with van der Waals surface area (Å²) in [5, 5.41) is 2.68. The third-order valence-corrected chi connectivity index (χ3v) is 5.14. The van der Waals surface area contributed by atoms with E-state index >= 15 is 0 Å². The molecular weight excluding hydrogens is 380 g/mol. The Morgan fingerprint density at radius 2 is 1.68 bits per heavy atom. The van der Waals surface area contributed by atoms with Gasteiger partial charge >= 0.3 is 5.97 Å². The van der Waals surface area contributed by atoms with E-state index in [1.807, 2.05) is 6.92 Å². The number of sulfonamides is 1. The minimum atomic E-state index is -3.49. The Labute approximate surface area is 164 Å². The van der Waals surface area contributed by atoms with Crippen LogP contribution in [0.5, 0.6) is 0 Å². The summed E-state index contributed by atoms with van der Waals surface area (Å²) in [6, 6.07) is 12.5. The lowest BCUT2D eigenvalue weighted by Crippen LogP contribution is -2.18. The number of rotatable bonds is 8. The zero-order valence-corrected chi connectivity index (χ0v) is 16.5. The van der Waals surface area contributed by atoms with Gasteiger partial charge in [0.2, 0.25) is 15.9 Å². The molecule has 2 aromatic carbocycles. The lowest BCUT2D eigenvalue weighted by Gasteiger charge is -2.05. The van der Waals surface area contributed by atoms with E-state index in [0.29, 0.717) is 23.4 Å². The van der Waals surface area contributed by atoms with Crippen molar-refractivity contribution >= 4 is 33.7 Å². The maximum Gasteiger partial charge on any atom is 0.338 e. The first kappa shape index (κ1) is 21.3. The number of hydrogen-bond acceptors (Lipinski definition) is 5. The number of benzene rings is 2. The molecule has 0 atom stereocenters. The van der Waals surface area contributed by atoms with E-state index in [-0.39, 0.29) is 10.8 Å². The first-order valence-electron chi connectivity index (χ1n) is 8.65. The summed E-state index contributed by atoms with van der Waals surface area (Å²) < 4.78 is 30.6. The van der Waals surface area contributed by atoms with Crippen molar-refractivity contribution in [3.63, 3.8) is 0 Å². The number of carbonyl (C=O) groups is 2. The molecule has 148 valence electrons. The maximum atomic E-state index is 12.0. The third kappa shape index (κ3) is 6.04. The average molecular weight is 402 g/mol. The summed E-state index contributed by atoms with van der Waals surface area (Å²) in [7, 11) is -2.15. The molecule has 0 saturated carbocycles. The number of amides is 1. The molecule has 0 unspecified atom stereocenters. The summed E-state index contributed by atoms with van der Waals surface area (Å²) in [6.07, 6.45) is 3.66. The monoisotopic (exact) mass is 402 g/mol. The van der Waals surface area contributed by atoms with E-state index in [2.05, 4.69) is 10.0 Å². The molecule has 0 aromatic heterocycles. The van der Waals surface area contributed by atoms with Crippen molar-refractivity contribution in [1.29, 1.82) is 0 Å². The normalized spacial score (nSPS) is 11.4. The van der Waals surface area contributed by atoms with Gasteiger partial charge in [-0.05, 0) is 61.5 Å². The van der Waals surface area contributed by atoms with Crippen molar-refractivity contribution in [1.82, 2.24) is 4.72 Å². The maximum absolute atomic E-state index is 12.0. The van der Waals surface area contributed by atoms with Gasteiger partial charge in [-0.2, -0.15) is 0 Å². The Bertz CT molecular complexity index is 949. The molecule has 0 aliphatic heterocycles. The van der Waals surface area contributed by atoms with Crippen molar-refractivity contribution in [3.8, 4) is 0 Å². The molecule has 2 N–H and O–H groups in total. The van der Waals surface area contributed by atoms with Gasteiger partial charge in [-0.3, -0.25) is 4.79 Å². The molecule has 0 aliphatic rings. The van der Waals surface area contributed by atoms with Crippen LogP contribution in [0.2, 0.25) is 0 Å². The molecule has 0 spiro atoms. The van der Waals surface area contributed by atoms with Crippen molar-refractivity contribution in [2.24, 2.45) is 0 Å². The second-order valence-corrected chi connectivity index (χ2v) is 7.70. The predicted octanol–water partition coefficient (Wildman–Crippen LogP) is 2.81. The lowest BCUT2D eigenvalue weighted by atomic mass is 10.2. The number of anilines is 1. The van der Waals surface area contributed by atoms with E-state index in [4.69, 9.17) is 4.74 Å². The van der Waals surface area contributed by atoms with Crippen molar-refractivity contribution in [3.05, 3.63) is 65.7 Å². The Balaban J connectivity index is 1.95. The van der Waals surface area contributed by atoms with Crippen molar-refractivity contribution in [2.45, 2.75) is 18.2 Å². The molecule has 0 fully saturated rings. The minimum absolute atomic E-state index is 0.147. The van der Waals surface area contributed by atoms with Gasteiger partial charge in [0.05, 0.1) is 17.1 Å². The van der Waals surface area contributed by atoms with Gasteiger partial charge in [-0.1, -0.05) is 19.1 Å². The molecule has 7 nitrogen and oxygen atoms in total. The quantitative estimate of drug-likeness (QED) is 0.522. The highest BCUT2D eigenvalue weighted by Crippen LogP contribution is 2.13. The molecule has 0 aliphatic carbocycles. The summed E-state index contributed by atoms with van der Waals surface area (Å²) in [6.45, 7) is 2.28. The van der Waals surface area contributed by atoms with Crippen LogP contribution in [0.25, 0.3) is 6.08 Å². The Hall–Kier alpha value is -2.97. The Morgan fingerprint density at radius 1 is 1.04 bits per heavy atom. The molecule has 0 saturated heterocycles. The SMILES string of the molecule is CCCOC(=O)c1ccc(NC(=O)/C=C/c2ccc(S(=O)(=O)NC)cc2)cc1. The topological polar surface area (TPSA) is 102 Å². The van der Waals surface area contributed by atoms with Crippen LogP contribution in [-0.4, -0.2) is 33.9 Å². The van der Waals surface area contributed by atoms with Gasteiger partial charge in [0.15, 0.2) is 0 Å². The average Bonchev–Trinajstić information content (AvgIpc) is 2.71. The molecule has 8 heteroatoms. The molecule has 2 aromatic rings. The Morgan fingerprint density at radius 3 is 2.25 bits per heavy atom. The number of carbonyl (C=O) groups excluding carboxylic acids is 2. The molecule has 0 radical (unpaired) electrons. The Kier molecular flexibility index (Phi) is 7.48. The highest BCUT2D eigenvalue weighted by molar-refractivity contribution is 7.89. The van der Waals surface area contributed by atoms with Crippen LogP contribution in [0.1, 0.15) is 29.3 Å². The van der Waals surface area contributed by atoms with Gasteiger partial charge in [0.25, 0.3) is 0 Å². The molecule has 1 amide bonds. The fraction of sp³-hybridized carbons (Fsp3) is 0.200. The second kappa shape index (κ2) is 9.82. The highest BCUT2D eigenvalue weighted by Gasteiger charge is 2.10. The van der Waals surface area contributed by atoms with E-state index in [1.54, 1.807) is 42.5 Å². The summed E-state index contributed by atoms with van der Waals surface area (Å²) in [5.41, 5.74) is 1.63.